The number of anilines is 1. The summed E-state index contributed by atoms with van der Waals surface area (Å²) >= 11 is 0. The molecule has 0 aromatic heterocycles. The van der Waals surface area contributed by atoms with Crippen molar-refractivity contribution in [3.8, 4) is 11.8 Å². The topological polar surface area (TPSA) is 40.5 Å². The highest BCUT2D eigenvalue weighted by molar-refractivity contribution is 5.91. The molecule has 0 aliphatic heterocycles. The zero-order valence-corrected chi connectivity index (χ0v) is 22.4. The highest BCUT2D eigenvalue weighted by Crippen LogP contribution is 2.68. The van der Waals surface area contributed by atoms with Crippen LogP contribution < -0.4 is 4.90 Å². The molecule has 3 heteroatoms. The molecule has 1 N–H and O–H groups in total. The number of allylic oxidation sites excluding steroid dienone is 1. The number of aliphatic hydroxyl groups is 1. The number of ketones is 1. The summed E-state index contributed by atoms with van der Waals surface area (Å²) in [5.74, 6) is 10.4. The molecule has 192 valence electrons. The van der Waals surface area contributed by atoms with E-state index in [2.05, 4.69) is 61.8 Å². The van der Waals surface area contributed by atoms with Crippen LogP contribution in [0.5, 0.6) is 0 Å². The third-order valence-corrected chi connectivity index (χ3v) is 11.0. The Morgan fingerprint density at radius 2 is 1.75 bits per heavy atom. The first-order chi connectivity index (χ1) is 17.4. The first-order valence-electron chi connectivity index (χ1n) is 14.7. The summed E-state index contributed by atoms with van der Waals surface area (Å²) in [5, 5.41) is 12.1. The van der Waals surface area contributed by atoms with Crippen LogP contribution in [-0.2, 0) is 4.79 Å². The van der Waals surface area contributed by atoms with E-state index in [4.69, 9.17) is 0 Å². The number of rotatable bonds is 4. The van der Waals surface area contributed by atoms with Crippen molar-refractivity contribution < 1.29 is 9.90 Å². The molecule has 0 heterocycles. The van der Waals surface area contributed by atoms with Crippen LogP contribution in [0, 0.1) is 46.8 Å². The van der Waals surface area contributed by atoms with E-state index in [1.165, 1.54) is 29.7 Å². The molecule has 5 aliphatic carbocycles. The standard InChI is InChI=1S/C33H43NO2/c1-4-34(5-2)25-11-8-23(9-12-25)29-21-32(3)30(17-19-33(32,36)18-16-22-6-7-22)28-14-10-24-20-26(35)13-15-27(24)31(28)29/h8-9,11-12,20,22,27-31,36H,4-7,10,13-15,17,19,21H2,1-3H3/t27-,28-,29+,30-,31+,32-,33-/m0/s1. The highest BCUT2D eigenvalue weighted by atomic mass is 16.3. The average Bonchev–Trinajstić information content (AvgIpc) is 3.68. The van der Waals surface area contributed by atoms with Gasteiger partial charge in [-0.1, -0.05) is 36.5 Å². The van der Waals surface area contributed by atoms with Crippen molar-refractivity contribution in [2.45, 2.75) is 90.1 Å². The van der Waals surface area contributed by atoms with Crippen LogP contribution in [0.3, 0.4) is 0 Å². The molecule has 0 spiro atoms. The molecule has 4 saturated carbocycles. The minimum atomic E-state index is -0.872. The molecule has 36 heavy (non-hydrogen) atoms. The van der Waals surface area contributed by atoms with Crippen LogP contribution in [-0.4, -0.2) is 29.6 Å². The third-order valence-electron chi connectivity index (χ3n) is 11.0. The molecule has 0 amide bonds. The van der Waals surface area contributed by atoms with E-state index in [-0.39, 0.29) is 5.41 Å². The van der Waals surface area contributed by atoms with Gasteiger partial charge in [0.25, 0.3) is 0 Å². The Morgan fingerprint density at radius 3 is 2.44 bits per heavy atom. The summed E-state index contributed by atoms with van der Waals surface area (Å²) in [6, 6.07) is 9.36. The van der Waals surface area contributed by atoms with Gasteiger partial charge in [0, 0.05) is 36.5 Å². The third kappa shape index (κ3) is 3.87. The fourth-order valence-corrected chi connectivity index (χ4v) is 8.83. The maximum Gasteiger partial charge on any atom is 0.155 e. The molecule has 1 aromatic carbocycles. The van der Waals surface area contributed by atoms with Crippen LogP contribution >= 0.6 is 0 Å². The number of nitrogens with zero attached hydrogens (tertiary/aromatic N) is 1. The molecule has 7 atom stereocenters. The van der Waals surface area contributed by atoms with Crippen molar-refractivity contribution in [1.29, 1.82) is 0 Å². The van der Waals surface area contributed by atoms with E-state index < -0.39 is 5.60 Å². The molecule has 0 unspecified atom stereocenters. The fraction of sp³-hybridized carbons (Fsp3) is 0.667. The van der Waals surface area contributed by atoms with Gasteiger partial charge >= 0.3 is 0 Å². The first kappa shape index (κ1) is 24.3. The number of hydrogen-bond acceptors (Lipinski definition) is 3. The smallest absolute Gasteiger partial charge is 0.155 e. The van der Waals surface area contributed by atoms with Gasteiger partial charge in [-0.3, -0.25) is 4.79 Å². The van der Waals surface area contributed by atoms with E-state index in [9.17, 15) is 9.90 Å². The van der Waals surface area contributed by atoms with Gasteiger partial charge < -0.3 is 10.0 Å². The molecule has 0 saturated heterocycles. The molecule has 5 aliphatic rings. The summed E-state index contributed by atoms with van der Waals surface area (Å²) in [6.07, 6.45) is 11.2. The molecule has 0 radical (unpaired) electrons. The van der Waals surface area contributed by atoms with Crippen molar-refractivity contribution in [3.63, 3.8) is 0 Å². The van der Waals surface area contributed by atoms with E-state index in [1.54, 1.807) is 0 Å². The van der Waals surface area contributed by atoms with Crippen LogP contribution in [0.4, 0.5) is 5.69 Å². The Balaban J connectivity index is 1.40. The molecule has 6 rings (SSSR count). The fourth-order valence-electron chi connectivity index (χ4n) is 8.83. The molecule has 3 nitrogen and oxygen atoms in total. The highest BCUT2D eigenvalue weighted by Gasteiger charge is 2.64. The zero-order chi connectivity index (χ0) is 25.1. The van der Waals surface area contributed by atoms with Crippen molar-refractivity contribution in [3.05, 3.63) is 41.5 Å². The minimum absolute atomic E-state index is 0.177. The van der Waals surface area contributed by atoms with Gasteiger partial charge in [-0.25, -0.2) is 0 Å². The molecular weight excluding hydrogens is 442 g/mol. The second kappa shape index (κ2) is 9.05. The predicted molar refractivity (Wildman–Crippen MR) is 146 cm³/mol. The number of fused-ring (bicyclic) bond motifs is 5. The van der Waals surface area contributed by atoms with Crippen LogP contribution in [0.1, 0.15) is 90.0 Å². The van der Waals surface area contributed by atoms with E-state index in [1.807, 2.05) is 6.08 Å². The predicted octanol–water partition coefficient (Wildman–Crippen LogP) is 6.51. The summed E-state index contributed by atoms with van der Waals surface area (Å²) < 4.78 is 0. The minimum Gasteiger partial charge on any atom is -0.377 e. The Morgan fingerprint density at radius 1 is 1.00 bits per heavy atom. The van der Waals surface area contributed by atoms with Gasteiger partial charge in [-0.2, -0.15) is 0 Å². The average molecular weight is 486 g/mol. The summed E-state index contributed by atoms with van der Waals surface area (Å²) in [5.41, 5.74) is 3.08. The number of hydrogen-bond donors (Lipinski definition) is 1. The largest absolute Gasteiger partial charge is 0.377 e. The summed E-state index contributed by atoms with van der Waals surface area (Å²) in [6.45, 7) is 8.83. The Bertz CT molecular complexity index is 1100. The lowest BCUT2D eigenvalue weighted by Crippen LogP contribution is -2.54. The summed E-state index contributed by atoms with van der Waals surface area (Å²) in [4.78, 5) is 14.7. The van der Waals surface area contributed by atoms with Crippen molar-refractivity contribution in [2.75, 3.05) is 18.0 Å². The maximum absolute atomic E-state index is 12.3. The van der Waals surface area contributed by atoms with Crippen LogP contribution in [0.25, 0.3) is 0 Å². The van der Waals surface area contributed by atoms with E-state index in [0.29, 0.717) is 47.7 Å². The Hall–Kier alpha value is -2.05. The lowest BCUT2D eigenvalue weighted by molar-refractivity contribution is -0.117. The molecule has 4 fully saturated rings. The zero-order valence-electron chi connectivity index (χ0n) is 22.4. The van der Waals surface area contributed by atoms with E-state index in [0.717, 1.165) is 51.6 Å². The van der Waals surface area contributed by atoms with Gasteiger partial charge in [0.1, 0.15) is 5.60 Å². The Kier molecular flexibility index (Phi) is 6.11. The van der Waals surface area contributed by atoms with Gasteiger partial charge in [-0.05, 0) is 119 Å². The normalized spacial score (nSPS) is 39.3. The second-order valence-corrected chi connectivity index (χ2v) is 12.7. The number of carbonyl (C=O) groups excluding carboxylic acids is 1. The van der Waals surface area contributed by atoms with Crippen molar-refractivity contribution in [1.82, 2.24) is 0 Å². The molecule has 0 bridgehead atoms. The summed E-state index contributed by atoms with van der Waals surface area (Å²) in [7, 11) is 0. The Labute approximate surface area is 217 Å². The monoisotopic (exact) mass is 485 g/mol. The maximum atomic E-state index is 12.3. The first-order valence-corrected chi connectivity index (χ1v) is 14.7. The van der Waals surface area contributed by atoms with Crippen LogP contribution in [0.15, 0.2) is 35.9 Å². The number of carbonyl (C=O) groups is 1. The number of benzene rings is 1. The van der Waals surface area contributed by atoms with Gasteiger partial charge in [0.05, 0.1) is 0 Å². The second-order valence-electron chi connectivity index (χ2n) is 12.7. The van der Waals surface area contributed by atoms with Gasteiger partial charge in [0.15, 0.2) is 5.78 Å². The van der Waals surface area contributed by atoms with Crippen molar-refractivity contribution >= 4 is 11.5 Å². The molecular formula is C33H43NO2. The van der Waals surface area contributed by atoms with Crippen molar-refractivity contribution in [2.24, 2.45) is 35.0 Å². The lowest BCUT2D eigenvalue weighted by atomic mass is 9.46. The molecule has 1 aromatic rings. The quantitative estimate of drug-likeness (QED) is 0.494. The van der Waals surface area contributed by atoms with E-state index >= 15 is 0 Å². The van der Waals surface area contributed by atoms with Gasteiger partial charge in [0.2, 0.25) is 0 Å². The van der Waals surface area contributed by atoms with Gasteiger partial charge in [-0.15, -0.1) is 0 Å². The SMILES string of the molecule is CCN(CC)c1ccc([C@H]2C[C@@]3(C)[C@@H](CC[C@@]3(O)C#CC3CC3)[C@@H]3CCC4=CC(=O)CC[C@@H]4[C@H]32)cc1. The lowest BCUT2D eigenvalue weighted by Gasteiger charge is -2.58. The van der Waals surface area contributed by atoms with Crippen LogP contribution in [0.2, 0.25) is 0 Å².